The summed E-state index contributed by atoms with van der Waals surface area (Å²) in [7, 11) is 0. The molecule has 1 N–H and O–H groups in total. The van der Waals surface area contributed by atoms with Gasteiger partial charge in [-0.3, -0.25) is 14.4 Å². The van der Waals surface area contributed by atoms with E-state index in [-0.39, 0.29) is 47.1 Å². The van der Waals surface area contributed by atoms with Crippen LogP contribution in [0.1, 0.15) is 54.1 Å². The van der Waals surface area contributed by atoms with Crippen molar-refractivity contribution in [2.75, 3.05) is 0 Å². The van der Waals surface area contributed by atoms with Gasteiger partial charge in [-0.25, -0.2) is 9.37 Å². The molecule has 3 heterocycles. The molecule has 0 radical (unpaired) electrons. The van der Waals surface area contributed by atoms with Gasteiger partial charge >= 0.3 is 0 Å². The zero-order valence-electron chi connectivity index (χ0n) is 19.4. The van der Waals surface area contributed by atoms with Crippen molar-refractivity contribution in [2.45, 2.75) is 50.7 Å². The van der Waals surface area contributed by atoms with Gasteiger partial charge < -0.3 is 14.6 Å². The van der Waals surface area contributed by atoms with Gasteiger partial charge in [0, 0.05) is 24.7 Å². The van der Waals surface area contributed by atoms with Gasteiger partial charge in [-0.1, -0.05) is 29.8 Å². The number of hydrogen-bond acceptors (Lipinski definition) is 5. The maximum atomic E-state index is 14.6. The number of imidazole rings is 1. The fourth-order valence-corrected chi connectivity index (χ4v) is 5.33. The molecule has 3 aromatic rings. The van der Waals surface area contributed by atoms with Crippen LogP contribution in [0.3, 0.4) is 0 Å². The number of amides is 2. The van der Waals surface area contributed by atoms with Crippen LogP contribution in [-0.2, 0) is 16.0 Å². The highest BCUT2D eigenvalue weighted by Gasteiger charge is 2.56. The van der Waals surface area contributed by atoms with Gasteiger partial charge in [-0.15, -0.1) is 0 Å². The summed E-state index contributed by atoms with van der Waals surface area (Å²) in [6, 6.07) is 10.1. The van der Waals surface area contributed by atoms with Crippen LogP contribution in [0, 0.1) is 23.1 Å². The summed E-state index contributed by atoms with van der Waals surface area (Å²) in [4.78, 5) is 44.8. The SMILES string of the molecule is CC(=O)c1nc(CC(=O)N2[C@@H]3C[C@@H]3C[C@H]2C(=O)N[C@H](CC#N)c2cccc(Cl)c2F)n2ccccc12. The van der Waals surface area contributed by atoms with Gasteiger partial charge in [0.2, 0.25) is 11.8 Å². The Hall–Kier alpha value is -3.77. The molecule has 1 saturated heterocycles. The Labute approximate surface area is 211 Å². The Kier molecular flexibility index (Phi) is 6.22. The van der Waals surface area contributed by atoms with E-state index >= 15 is 0 Å². The predicted octanol–water partition coefficient (Wildman–Crippen LogP) is 3.63. The Bertz CT molecular complexity index is 1430. The third-order valence-corrected chi connectivity index (χ3v) is 7.22. The molecule has 4 atom stereocenters. The Balaban J connectivity index is 1.37. The lowest BCUT2D eigenvalue weighted by molar-refractivity contribution is -0.139. The van der Waals surface area contributed by atoms with E-state index in [0.29, 0.717) is 23.5 Å². The fraction of sp³-hybridized carbons (Fsp3) is 0.346. The van der Waals surface area contributed by atoms with E-state index in [1.54, 1.807) is 39.8 Å². The molecule has 0 spiro atoms. The molecule has 1 aromatic carbocycles. The van der Waals surface area contributed by atoms with Gasteiger partial charge in [-0.2, -0.15) is 5.26 Å². The van der Waals surface area contributed by atoms with Crippen LogP contribution in [0.4, 0.5) is 4.39 Å². The zero-order valence-corrected chi connectivity index (χ0v) is 20.2. The molecule has 1 aliphatic heterocycles. The summed E-state index contributed by atoms with van der Waals surface area (Å²) in [5.74, 6) is -0.937. The van der Waals surface area contributed by atoms with Crippen molar-refractivity contribution >= 4 is 34.7 Å². The molecular weight excluding hydrogens is 485 g/mol. The number of rotatable bonds is 7. The first-order chi connectivity index (χ1) is 17.3. The number of aromatic nitrogens is 2. The van der Waals surface area contributed by atoms with Gasteiger partial charge in [0.25, 0.3) is 0 Å². The molecule has 0 bridgehead atoms. The fourth-order valence-electron chi connectivity index (χ4n) is 5.15. The minimum Gasteiger partial charge on any atom is -0.346 e. The molecule has 0 unspecified atom stereocenters. The third-order valence-electron chi connectivity index (χ3n) is 6.93. The first-order valence-corrected chi connectivity index (χ1v) is 12.1. The van der Waals surface area contributed by atoms with Gasteiger partial charge in [0.05, 0.1) is 35.5 Å². The number of likely N-dealkylation sites (tertiary alicyclic amines) is 1. The van der Waals surface area contributed by atoms with Crippen LogP contribution in [0.5, 0.6) is 0 Å². The number of nitrogens with zero attached hydrogens (tertiary/aromatic N) is 4. The third kappa shape index (κ3) is 4.22. The topological polar surface area (TPSA) is 108 Å². The number of nitriles is 1. The number of Topliss-reactive ketones (excluding diaryl/α,β-unsaturated/α-hetero) is 1. The second kappa shape index (κ2) is 9.36. The second-order valence-corrected chi connectivity index (χ2v) is 9.65. The van der Waals surface area contributed by atoms with E-state index in [2.05, 4.69) is 10.3 Å². The first-order valence-electron chi connectivity index (χ1n) is 11.7. The molecule has 2 aromatic heterocycles. The van der Waals surface area contributed by atoms with E-state index in [4.69, 9.17) is 11.6 Å². The van der Waals surface area contributed by atoms with Crippen molar-refractivity contribution in [1.29, 1.82) is 5.26 Å². The van der Waals surface area contributed by atoms with Crippen LogP contribution in [-0.4, -0.2) is 44.0 Å². The first kappa shape index (κ1) is 23.9. The predicted molar refractivity (Wildman–Crippen MR) is 129 cm³/mol. The Morgan fingerprint density at radius 2 is 2.06 bits per heavy atom. The maximum Gasteiger partial charge on any atom is 0.243 e. The summed E-state index contributed by atoms with van der Waals surface area (Å²) in [5.41, 5.74) is 1.04. The highest BCUT2D eigenvalue weighted by atomic mass is 35.5. The minimum atomic E-state index is -0.899. The summed E-state index contributed by atoms with van der Waals surface area (Å²) in [6.45, 7) is 1.43. The molecule has 8 nitrogen and oxygen atoms in total. The number of pyridine rings is 1. The second-order valence-electron chi connectivity index (χ2n) is 9.25. The number of halogens is 2. The molecule has 36 heavy (non-hydrogen) atoms. The molecule has 1 saturated carbocycles. The molecule has 1 aliphatic carbocycles. The van der Waals surface area contributed by atoms with Crippen molar-refractivity contribution < 1.29 is 18.8 Å². The standard InChI is InChI=1S/C26H23ClFN5O3/c1-14(34)25-19-7-2-3-10-32(19)22(31-25)13-23(35)33-20-11-15(20)12-21(33)26(36)30-18(8-9-29)16-5-4-6-17(27)24(16)28/h2-7,10,15,18,20-21H,8,11-13H2,1H3,(H,30,36)/t15-,18-,20-,21+/m1/s1. The van der Waals surface area contributed by atoms with Crippen LogP contribution in [0.25, 0.3) is 5.52 Å². The lowest BCUT2D eigenvalue weighted by atomic mass is 10.0. The van der Waals surface area contributed by atoms with Gasteiger partial charge in [-0.05, 0) is 37.0 Å². The van der Waals surface area contributed by atoms with Crippen LogP contribution in [0.2, 0.25) is 5.02 Å². The molecular formula is C26H23ClFN5O3. The zero-order chi connectivity index (χ0) is 25.6. The smallest absolute Gasteiger partial charge is 0.243 e. The average molecular weight is 508 g/mol. The number of piperidine rings is 1. The number of benzene rings is 1. The van der Waals surface area contributed by atoms with Gasteiger partial charge in [0.1, 0.15) is 23.4 Å². The lowest BCUT2D eigenvalue weighted by Gasteiger charge is -2.28. The summed E-state index contributed by atoms with van der Waals surface area (Å²) >= 11 is 5.90. The van der Waals surface area contributed by atoms with E-state index in [1.165, 1.54) is 19.1 Å². The molecule has 2 aliphatic rings. The van der Waals surface area contributed by atoms with Crippen LogP contribution >= 0.6 is 11.6 Å². The summed E-state index contributed by atoms with van der Waals surface area (Å²) < 4.78 is 16.3. The maximum absolute atomic E-state index is 14.6. The number of carbonyl (C=O) groups excluding carboxylic acids is 3. The largest absolute Gasteiger partial charge is 0.346 e. The van der Waals surface area contributed by atoms with Crippen molar-refractivity contribution in [3.63, 3.8) is 0 Å². The number of nitrogens with one attached hydrogen (secondary N) is 1. The van der Waals surface area contributed by atoms with Crippen molar-refractivity contribution in [3.8, 4) is 6.07 Å². The molecule has 10 heteroatoms. The molecule has 2 fully saturated rings. The van der Waals surface area contributed by atoms with E-state index in [9.17, 15) is 24.0 Å². The quantitative estimate of drug-likeness (QED) is 0.491. The number of carbonyl (C=O) groups is 3. The van der Waals surface area contributed by atoms with E-state index < -0.39 is 23.8 Å². The molecule has 5 rings (SSSR count). The van der Waals surface area contributed by atoms with Gasteiger partial charge in [0.15, 0.2) is 5.78 Å². The number of ketones is 1. The highest BCUT2D eigenvalue weighted by molar-refractivity contribution is 6.30. The number of hydrogen-bond donors (Lipinski definition) is 1. The average Bonchev–Trinajstić information content (AvgIpc) is 3.35. The van der Waals surface area contributed by atoms with Crippen LogP contribution in [0.15, 0.2) is 42.6 Å². The highest BCUT2D eigenvalue weighted by Crippen LogP contribution is 2.48. The Morgan fingerprint density at radius 3 is 2.81 bits per heavy atom. The van der Waals surface area contributed by atoms with Crippen molar-refractivity contribution in [1.82, 2.24) is 19.6 Å². The van der Waals surface area contributed by atoms with Crippen LogP contribution < -0.4 is 5.32 Å². The van der Waals surface area contributed by atoms with Crippen molar-refractivity contribution in [2.24, 2.45) is 5.92 Å². The lowest BCUT2D eigenvalue weighted by Crippen LogP contribution is -2.49. The Morgan fingerprint density at radius 1 is 1.25 bits per heavy atom. The summed E-state index contributed by atoms with van der Waals surface area (Å²) in [6.07, 6.45) is 2.85. The van der Waals surface area contributed by atoms with Crippen molar-refractivity contribution in [3.05, 3.63) is 70.5 Å². The number of fused-ring (bicyclic) bond motifs is 2. The van der Waals surface area contributed by atoms with E-state index in [0.717, 1.165) is 6.42 Å². The minimum absolute atomic E-state index is 0.0379. The molecule has 184 valence electrons. The molecule has 2 amide bonds. The summed E-state index contributed by atoms with van der Waals surface area (Å²) in [5, 5.41) is 11.9. The normalized spacial score (nSPS) is 21.1. The van der Waals surface area contributed by atoms with E-state index in [1.807, 2.05) is 6.07 Å². The monoisotopic (exact) mass is 507 g/mol.